The van der Waals surface area contributed by atoms with Crippen LogP contribution in [0.25, 0.3) is 0 Å². The summed E-state index contributed by atoms with van der Waals surface area (Å²) in [6.45, 7) is 5.84. The van der Waals surface area contributed by atoms with Gasteiger partial charge in [0.1, 0.15) is 0 Å². The fourth-order valence-corrected chi connectivity index (χ4v) is 2.35. The Hall–Kier alpha value is -0.420. The molecule has 0 bridgehead atoms. The van der Waals surface area contributed by atoms with Crippen molar-refractivity contribution in [1.82, 2.24) is 10.6 Å². The van der Waals surface area contributed by atoms with Gasteiger partial charge in [-0.05, 0) is 32.4 Å². The Morgan fingerprint density at radius 1 is 1.50 bits per heavy atom. The van der Waals surface area contributed by atoms with Crippen molar-refractivity contribution in [3.05, 3.63) is 0 Å². The van der Waals surface area contributed by atoms with Gasteiger partial charge in [-0.3, -0.25) is 9.00 Å². The van der Waals surface area contributed by atoms with Crippen LogP contribution in [-0.2, 0) is 15.6 Å². The SMILES string of the molecule is CC(CCS(C)=O)NC(=O)C(C)C1CNC1. The van der Waals surface area contributed by atoms with Crippen LogP contribution in [0.15, 0.2) is 0 Å². The molecule has 3 atom stereocenters. The molecule has 1 heterocycles. The highest BCUT2D eigenvalue weighted by atomic mass is 32.2. The first-order chi connectivity index (χ1) is 7.50. The molecule has 1 rings (SSSR count). The molecule has 5 heteroatoms. The van der Waals surface area contributed by atoms with E-state index < -0.39 is 10.8 Å². The van der Waals surface area contributed by atoms with Crippen LogP contribution in [0.5, 0.6) is 0 Å². The average molecular weight is 246 g/mol. The lowest BCUT2D eigenvalue weighted by atomic mass is 9.88. The van der Waals surface area contributed by atoms with Crippen molar-refractivity contribution in [2.24, 2.45) is 11.8 Å². The highest BCUT2D eigenvalue weighted by Gasteiger charge is 2.29. The van der Waals surface area contributed by atoms with Gasteiger partial charge in [-0.25, -0.2) is 0 Å². The van der Waals surface area contributed by atoms with Gasteiger partial charge in [-0.15, -0.1) is 0 Å². The van der Waals surface area contributed by atoms with Crippen LogP contribution >= 0.6 is 0 Å². The van der Waals surface area contributed by atoms with E-state index in [4.69, 9.17) is 0 Å². The number of amides is 1. The lowest BCUT2D eigenvalue weighted by molar-refractivity contribution is -0.127. The van der Waals surface area contributed by atoms with E-state index in [0.29, 0.717) is 11.7 Å². The van der Waals surface area contributed by atoms with Gasteiger partial charge in [-0.1, -0.05) is 6.92 Å². The van der Waals surface area contributed by atoms with Crippen molar-refractivity contribution in [1.29, 1.82) is 0 Å². The normalized spacial score (nSPS) is 21.9. The first-order valence-corrected chi connectivity index (χ1v) is 7.54. The molecule has 1 aliphatic rings. The molecule has 0 radical (unpaired) electrons. The Bertz CT molecular complexity index is 267. The Morgan fingerprint density at radius 3 is 2.56 bits per heavy atom. The molecule has 0 aliphatic carbocycles. The second kappa shape index (κ2) is 6.35. The first kappa shape index (κ1) is 13.6. The van der Waals surface area contributed by atoms with Crippen molar-refractivity contribution in [3.63, 3.8) is 0 Å². The Morgan fingerprint density at radius 2 is 2.12 bits per heavy atom. The minimum Gasteiger partial charge on any atom is -0.353 e. The number of carbonyl (C=O) groups is 1. The summed E-state index contributed by atoms with van der Waals surface area (Å²) in [6, 6.07) is 0.117. The Labute approximate surface area is 100 Å². The van der Waals surface area contributed by atoms with E-state index in [0.717, 1.165) is 19.5 Å². The van der Waals surface area contributed by atoms with Crippen LogP contribution in [0.2, 0.25) is 0 Å². The van der Waals surface area contributed by atoms with Crippen molar-refractivity contribution in [3.8, 4) is 0 Å². The van der Waals surface area contributed by atoms with Crippen molar-refractivity contribution >= 4 is 16.7 Å². The molecule has 0 saturated carbocycles. The van der Waals surface area contributed by atoms with Crippen LogP contribution in [0.4, 0.5) is 0 Å². The number of nitrogens with one attached hydrogen (secondary N) is 2. The molecule has 1 fully saturated rings. The lowest BCUT2D eigenvalue weighted by Gasteiger charge is -2.32. The van der Waals surface area contributed by atoms with Crippen LogP contribution in [0, 0.1) is 11.8 Å². The van der Waals surface area contributed by atoms with E-state index in [1.165, 1.54) is 0 Å². The molecule has 2 N–H and O–H groups in total. The number of hydrogen-bond acceptors (Lipinski definition) is 3. The molecule has 0 aromatic carbocycles. The largest absolute Gasteiger partial charge is 0.353 e. The zero-order valence-corrected chi connectivity index (χ0v) is 11.1. The maximum Gasteiger partial charge on any atom is 0.223 e. The molecule has 3 unspecified atom stereocenters. The monoisotopic (exact) mass is 246 g/mol. The molecule has 0 aromatic rings. The van der Waals surface area contributed by atoms with Crippen molar-refractivity contribution in [2.45, 2.75) is 26.3 Å². The van der Waals surface area contributed by atoms with Gasteiger partial charge in [0.25, 0.3) is 0 Å². The van der Waals surface area contributed by atoms with E-state index >= 15 is 0 Å². The molecule has 4 nitrogen and oxygen atoms in total. The van der Waals surface area contributed by atoms with Gasteiger partial charge in [0.05, 0.1) is 0 Å². The van der Waals surface area contributed by atoms with E-state index in [9.17, 15) is 9.00 Å². The first-order valence-electron chi connectivity index (χ1n) is 5.81. The average Bonchev–Trinajstić information content (AvgIpc) is 2.11. The van der Waals surface area contributed by atoms with E-state index in [1.807, 2.05) is 13.8 Å². The highest BCUT2D eigenvalue weighted by molar-refractivity contribution is 7.84. The molecule has 0 spiro atoms. The van der Waals surface area contributed by atoms with E-state index in [1.54, 1.807) is 6.26 Å². The van der Waals surface area contributed by atoms with Gasteiger partial charge in [0.15, 0.2) is 0 Å². The van der Waals surface area contributed by atoms with Gasteiger partial charge < -0.3 is 10.6 Å². The third-order valence-electron chi connectivity index (χ3n) is 3.16. The molecule has 94 valence electrons. The topological polar surface area (TPSA) is 58.2 Å². The summed E-state index contributed by atoms with van der Waals surface area (Å²) in [4.78, 5) is 11.8. The second-order valence-electron chi connectivity index (χ2n) is 4.68. The van der Waals surface area contributed by atoms with Crippen molar-refractivity contribution < 1.29 is 9.00 Å². The standard InChI is InChI=1S/C11H22N2O2S/c1-8(4-5-16(3)15)13-11(14)9(2)10-6-12-7-10/h8-10,12H,4-7H2,1-3H3,(H,13,14). The molecular weight excluding hydrogens is 224 g/mol. The lowest BCUT2D eigenvalue weighted by Crippen LogP contribution is -2.50. The smallest absolute Gasteiger partial charge is 0.223 e. The van der Waals surface area contributed by atoms with Crippen LogP contribution in [0.3, 0.4) is 0 Å². The predicted octanol–water partition coefficient (Wildman–Crippen LogP) is 0.115. The molecular formula is C11H22N2O2S. The van der Waals surface area contributed by atoms with Crippen LogP contribution < -0.4 is 10.6 Å². The van der Waals surface area contributed by atoms with Crippen LogP contribution in [0.1, 0.15) is 20.3 Å². The summed E-state index contributed by atoms with van der Waals surface area (Å²) in [7, 11) is -0.772. The fourth-order valence-electron chi connectivity index (χ4n) is 1.67. The third kappa shape index (κ3) is 4.22. The second-order valence-corrected chi connectivity index (χ2v) is 6.24. The molecule has 1 aliphatic heterocycles. The fraction of sp³-hybridized carbons (Fsp3) is 0.909. The molecule has 1 saturated heterocycles. The maximum absolute atomic E-state index is 11.8. The molecule has 1 amide bonds. The highest BCUT2D eigenvalue weighted by Crippen LogP contribution is 2.16. The van der Waals surface area contributed by atoms with Crippen molar-refractivity contribution in [2.75, 3.05) is 25.1 Å². The number of carbonyl (C=O) groups excluding carboxylic acids is 1. The van der Waals surface area contributed by atoms with E-state index in [2.05, 4.69) is 10.6 Å². The summed E-state index contributed by atoms with van der Waals surface area (Å²) >= 11 is 0. The Balaban J connectivity index is 2.23. The third-order valence-corrected chi connectivity index (χ3v) is 3.97. The number of rotatable bonds is 6. The van der Waals surface area contributed by atoms with Crippen LogP contribution in [-0.4, -0.2) is 41.3 Å². The van der Waals surface area contributed by atoms with Gasteiger partial charge >= 0.3 is 0 Å². The number of hydrogen-bond donors (Lipinski definition) is 2. The summed E-state index contributed by atoms with van der Waals surface area (Å²) in [6.07, 6.45) is 2.47. The molecule has 16 heavy (non-hydrogen) atoms. The summed E-state index contributed by atoms with van der Waals surface area (Å²) in [5, 5.41) is 6.15. The van der Waals surface area contributed by atoms with Gasteiger partial charge in [0.2, 0.25) is 5.91 Å². The quantitative estimate of drug-likeness (QED) is 0.699. The van der Waals surface area contributed by atoms with Gasteiger partial charge in [0, 0.05) is 34.8 Å². The zero-order valence-electron chi connectivity index (χ0n) is 10.3. The predicted molar refractivity (Wildman–Crippen MR) is 66.7 cm³/mol. The molecule has 0 aromatic heterocycles. The summed E-state index contributed by atoms with van der Waals surface area (Å²) < 4.78 is 10.9. The van der Waals surface area contributed by atoms with Gasteiger partial charge in [-0.2, -0.15) is 0 Å². The zero-order chi connectivity index (χ0) is 12.1. The maximum atomic E-state index is 11.8. The minimum absolute atomic E-state index is 0.0795. The summed E-state index contributed by atoms with van der Waals surface area (Å²) in [5.41, 5.74) is 0. The van der Waals surface area contributed by atoms with E-state index in [-0.39, 0.29) is 17.9 Å². The minimum atomic E-state index is -0.772. The summed E-state index contributed by atoms with van der Waals surface area (Å²) in [5.74, 6) is 1.34. The Kier molecular flexibility index (Phi) is 5.41.